The van der Waals surface area contributed by atoms with Crippen LogP contribution in [0.25, 0.3) is 5.70 Å². The molecule has 1 aliphatic rings. The Morgan fingerprint density at radius 2 is 2.04 bits per heavy atom. The highest BCUT2D eigenvalue weighted by molar-refractivity contribution is 5.92. The summed E-state index contributed by atoms with van der Waals surface area (Å²) in [7, 11) is 0. The lowest BCUT2D eigenvalue weighted by molar-refractivity contribution is 0.156. The van der Waals surface area contributed by atoms with Crippen LogP contribution in [-0.4, -0.2) is 22.9 Å². The van der Waals surface area contributed by atoms with Crippen LogP contribution >= 0.6 is 0 Å². The Bertz CT molecular complexity index is 747. The number of nitriles is 2. The highest BCUT2D eigenvalue weighted by atomic mass is 16.5. The van der Waals surface area contributed by atoms with Crippen molar-refractivity contribution in [1.82, 2.24) is 4.90 Å². The van der Waals surface area contributed by atoms with Gasteiger partial charge in [-0.2, -0.15) is 15.5 Å². The van der Waals surface area contributed by atoms with E-state index in [4.69, 9.17) is 10.00 Å². The first-order valence-corrected chi connectivity index (χ1v) is 7.65. The quantitative estimate of drug-likeness (QED) is 0.485. The summed E-state index contributed by atoms with van der Waals surface area (Å²) >= 11 is 0. The molecule has 0 saturated heterocycles. The number of nitrogens with zero attached hydrogens (tertiary/aromatic N) is 4. The highest BCUT2D eigenvalue weighted by Crippen LogP contribution is 2.38. The molecule has 1 aliphatic heterocycles. The molecule has 1 heterocycles. The minimum absolute atomic E-state index is 0.477. The maximum atomic E-state index is 9.17. The zero-order chi connectivity index (χ0) is 17.0. The van der Waals surface area contributed by atoms with E-state index in [0.29, 0.717) is 24.4 Å². The van der Waals surface area contributed by atoms with Crippen LogP contribution in [0.5, 0.6) is 5.75 Å². The van der Waals surface area contributed by atoms with Gasteiger partial charge in [0.05, 0.1) is 17.3 Å². The number of rotatable bonds is 3. The Hall–Kier alpha value is -2.79. The number of amidine groups is 1. The van der Waals surface area contributed by atoms with Crippen molar-refractivity contribution in [3.05, 3.63) is 35.4 Å². The van der Waals surface area contributed by atoms with Gasteiger partial charge in [-0.05, 0) is 45.0 Å². The molecule has 0 aromatic heterocycles. The zero-order valence-electron chi connectivity index (χ0n) is 13.9. The Labute approximate surface area is 137 Å². The maximum Gasteiger partial charge on any atom is 0.207 e. The summed E-state index contributed by atoms with van der Waals surface area (Å²) in [4.78, 5) is 5.96. The molecule has 0 saturated carbocycles. The van der Waals surface area contributed by atoms with Gasteiger partial charge in [0.15, 0.2) is 0 Å². The molecule has 0 atom stereocenters. The van der Waals surface area contributed by atoms with Crippen LogP contribution in [0.1, 0.15) is 45.2 Å². The van der Waals surface area contributed by atoms with Gasteiger partial charge in [-0.25, -0.2) is 0 Å². The molecule has 118 valence electrons. The molecule has 1 aromatic rings. The largest absolute Gasteiger partial charge is 0.483 e. The SMILES string of the molecule is CCC(=NC#N)N(CC)C1=CC(C)(C)Oc2ccc(C#N)cc21. The smallest absolute Gasteiger partial charge is 0.207 e. The van der Waals surface area contributed by atoms with E-state index in [-0.39, 0.29) is 0 Å². The molecule has 23 heavy (non-hydrogen) atoms. The van der Waals surface area contributed by atoms with Crippen LogP contribution in [0.2, 0.25) is 0 Å². The second kappa shape index (κ2) is 6.54. The highest BCUT2D eigenvalue weighted by Gasteiger charge is 2.30. The lowest BCUT2D eigenvalue weighted by Gasteiger charge is -2.36. The fourth-order valence-electron chi connectivity index (χ4n) is 2.71. The normalized spacial score (nSPS) is 15.6. The van der Waals surface area contributed by atoms with Gasteiger partial charge in [0.2, 0.25) is 6.19 Å². The van der Waals surface area contributed by atoms with Crippen LogP contribution in [0.3, 0.4) is 0 Å². The lowest BCUT2D eigenvalue weighted by atomic mass is 9.96. The van der Waals surface area contributed by atoms with E-state index in [1.165, 1.54) is 0 Å². The van der Waals surface area contributed by atoms with E-state index in [1.807, 2.05) is 57.0 Å². The Morgan fingerprint density at radius 1 is 1.30 bits per heavy atom. The summed E-state index contributed by atoms with van der Waals surface area (Å²) in [6.07, 6.45) is 4.54. The van der Waals surface area contributed by atoms with Gasteiger partial charge < -0.3 is 9.64 Å². The van der Waals surface area contributed by atoms with Crippen molar-refractivity contribution in [3.8, 4) is 18.0 Å². The monoisotopic (exact) mass is 308 g/mol. The van der Waals surface area contributed by atoms with Gasteiger partial charge in [0.1, 0.15) is 17.2 Å². The summed E-state index contributed by atoms with van der Waals surface area (Å²) in [6.45, 7) is 8.62. The van der Waals surface area contributed by atoms with Gasteiger partial charge in [-0.1, -0.05) is 6.92 Å². The third-order valence-electron chi connectivity index (χ3n) is 3.66. The molecule has 0 N–H and O–H groups in total. The van der Waals surface area contributed by atoms with E-state index >= 15 is 0 Å². The van der Waals surface area contributed by atoms with Crippen molar-refractivity contribution >= 4 is 11.5 Å². The number of benzene rings is 1. The van der Waals surface area contributed by atoms with Crippen molar-refractivity contribution in [2.24, 2.45) is 4.99 Å². The lowest BCUT2D eigenvalue weighted by Crippen LogP contribution is -2.36. The number of hydrogen-bond donors (Lipinski definition) is 0. The molecule has 5 nitrogen and oxygen atoms in total. The minimum atomic E-state index is -0.477. The molecular formula is C18H20N4O. The first-order chi connectivity index (χ1) is 11.0. The number of aliphatic imine (C=N–C) groups is 1. The Morgan fingerprint density at radius 3 is 2.61 bits per heavy atom. The van der Waals surface area contributed by atoms with Crippen molar-refractivity contribution in [2.75, 3.05) is 6.54 Å². The second-order valence-corrected chi connectivity index (χ2v) is 5.78. The van der Waals surface area contributed by atoms with Crippen LogP contribution in [0.15, 0.2) is 29.3 Å². The summed E-state index contributed by atoms with van der Waals surface area (Å²) in [5, 5.41) is 18.1. The van der Waals surface area contributed by atoms with Gasteiger partial charge in [0.25, 0.3) is 0 Å². The van der Waals surface area contributed by atoms with Gasteiger partial charge >= 0.3 is 0 Å². The summed E-state index contributed by atoms with van der Waals surface area (Å²) in [6, 6.07) is 7.55. The third kappa shape index (κ3) is 3.35. The van der Waals surface area contributed by atoms with Crippen LogP contribution < -0.4 is 4.74 Å². The molecule has 0 bridgehead atoms. The standard InChI is InChI=1S/C18H20N4O/c1-5-17(21-12-20)22(6-2)15-10-18(3,4)23-16-8-7-13(11-19)9-14(15)16/h7-10H,5-6H2,1-4H3. The predicted molar refractivity (Wildman–Crippen MR) is 89.6 cm³/mol. The molecule has 1 aromatic carbocycles. The van der Waals surface area contributed by atoms with Gasteiger partial charge in [-0.3, -0.25) is 0 Å². The predicted octanol–water partition coefficient (Wildman–Crippen LogP) is 3.68. The number of hydrogen-bond acceptors (Lipinski definition) is 4. The average Bonchev–Trinajstić information content (AvgIpc) is 2.53. The Kier molecular flexibility index (Phi) is 4.71. The van der Waals surface area contributed by atoms with Gasteiger partial charge in [-0.15, -0.1) is 0 Å². The van der Waals surface area contributed by atoms with Crippen LogP contribution in [0, 0.1) is 22.8 Å². The van der Waals surface area contributed by atoms with E-state index in [1.54, 1.807) is 6.07 Å². The fourth-order valence-corrected chi connectivity index (χ4v) is 2.71. The Balaban J connectivity index is 2.63. The molecule has 0 amide bonds. The van der Waals surface area contributed by atoms with E-state index in [2.05, 4.69) is 11.1 Å². The molecule has 0 radical (unpaired) electrons. The van der Waals surface area contributed by atoms with E-state index in [9.17, 15) is 5.26 Å². The molecule has 0 aliphatic carbocycles. The molecule has 0 spiro atoms. The second-order valence-electron chi connectivity index (χ2n) is 5.78. The fraction of sp³-hybridized carbons (Fsp3) is 0.389. The summed E-state index contributed by atoms with van der Waals surface area (Å²) in [5.74, 6) is 1.43. The van der Waals surface area contributed by atoms with Crippen LogP contribution in [0.4, 0.5) is 0 Å². The average molecular weight is 308 g/mol. The molecule has 5 heteroatoms. The van der Waals surface area contributed by atoms with Crippen molar-refractivity contribution < 1.29 is 4.74 Å². The summed E-state index contributed by atoms with van der Waals surface area (Å²) < 4.78 is 6.00. The topological polar surface area (TPSA) is 72.4 Å². The number of fused-ring (bicyclic) bond motifs is 1. The first kappa shape index (κ1) is 16.6. The molecule has 0 fully saturated rings. The van der Waals surface area contributed by atoms with Crippen molar-refractivity contribution in [3.63, 3.8) is 0 Å². The molecule has 2 rings (SSSR count). The molecular weight excluding hydrogens is 288 g/mol. The first-order valence-electron chi connectivity index (χ1n) is 7.65. The maximum absolute atomic E-state index is 9.17. The van der Waals surface area contributed by atoms with Gasteiger partial charge in [0, 0.05) is 18.5 Å². The van der Waals surface area contributed by atoms with Crippen molar-refractivity contribution in [1.29, 1.82) is 10.5 Å². The summed E-state index contributed by atoms with van der Waals surface area (Å²) in [5.41, 5.74) is 1.87. The number of ether oxygens (including phenoxy) is 1. The zero-order valence-corrected chi connectivity index (χ0v) is 13.9. The van der Waals surface area contributed by atoms with Crippen LogP contribution in [-0.2, 0) is 0 Å². The van der Waals surface area contributed by atoms with E-state index < -0.39 is 5.60 Å². The molecule has 0 unspecified atom stereocenters. The third-order valence-corrected chi connectivity index (χ3v) is 3.66. The van der Waals surface area contributed by atoms with E-state index in [0.717, 1.165) is 17.0 Å². The minimum Gasteiger partial charge on any atom is -0.483 e. The van der Waals surface area contributed by atoms with Crippen molar-refractivity contribution in [2.45, 2.75) is 39.7 Å².